The highest BCUT2D eigenvalue weighted by Gasteiger charge is 2.37. The van der Waals surface area contributed by atoms with Gasteiger partial charge < -0.3 is 5.32 Å². The van der Waals surface area contributed by atoms with Crippen LogP contribution in [0.3, 0.4) is 0 Å². The number of halogens is 6. The van der Waals surface area contributed by atoms with Crippen molar-refractivity contribution in [3.8, 4) is 11.3 Å². The summed E-state index contributed by atoms with van der Waals surface area (Å²) in [7, 11) is 0. The molecule has 0 radical (unpaired) electrons. The van der Waals surface area contributed by atoms with Crippen LogP contribution in [0, 0.1) is 0 Å². The number of nitrogens with zero attached hydrogens (tertiary/aromatic N) is 3. The summed E-state index contributed by atoms with van der Waals surface area (Å²) in [5, 5.41) is 4.09. The van der Waals surface area contributed by atoms with E-state index < -0.39 is 35.2 Å². The largest absolute Gasteiger partial charge is 0.416 e. The second kappa shape index (κ2) is 7.97. The Kier molecular flexibility index (Phi) is 5.58. The number of nitrogens with one attached hydrogen (secondary N) is 2. The van der Waals surface area contributed by atoms with Crippen molar-refractivity contribution in [1.29, 1.82) is 0 Å². The molecule has 2 amide bonds. The Balaban J connectivity index is 1.81. The van der Waals surface area contributed by atoms with Crippen molar-refractivity contribution < 1.29 is 31.1 Å². The van der Waals surface area contributed by atoms with Crippen molar-refractivity contribution in [3.63, 3.8) is 0 Å². The molecule has 3 rings (SSSR count). The van der Waals surface area contributed by atoms with Crippen LogP contribution in [-0.4, -0.2) is 21.0 Å². The van der Waals surface area contributed by atoms with Crippen LogP contribution in [0.2, 0.25) is 0 Å². The quantitative estimate of drug-likeness (QED) is 0.562. The predicted molar refractivity (Wildman–Crippen MR) is 94.4 cm³/mol. The molecule has 0 bridgehead atoms. The minimum Gasteiger partial charge on any atom is -0.308 e. The summed E-state index contributed by atoms with van der Waals surface area (Å²) in [6.45, 7) is 0. The fourth-order valence-electron chi connectivity index (χ4n) is 2.38. The number of carbonyl (C=O) groups is 1. The van der Waals surface area contributed by atoms with Crippen molar-refractivity contribution >= 4 is 17.7 Å². The molecular formula is C18H11F6N5O. The van der Waals surface area contributed by atoms with Crippen molar-refractivity contribution in [2.45, 2.75) is 12.4 Å². The van der Waals surface area contributed by atoms with Gasteiger partial charge in [0.25, 0.3) is 0 Å². The number of alkyl halides is 6. The molecule has 0 atom stereocenters. The number of hydrogen-bond donors (Lipinski definition) is 2. The molecule has 2 aromatic heterocycles. The minimum atomic E-state index is -5.03. The number of anilines is 2. The first-order valence-corrected chi connectivity index (χ1v) is 8.13. The van der Waals surface area contributed by atoms with E-state index in [0.29, 0.717) is 23.4 Å². The van der Waals surface area contributed by atoms with E-state index in [1.807, 2.05) is 5.32 Å². The van der Waals surface area contributed by atoms with E-state index in [0.717, 1.165) is 0 Å². The van der Waals surface area contributed by atoms with Gasteiger partial charge >= 0.3 is 18.4 Å². The fourth-order valence-corrected chi connectivity index (χ4v) is 2.38. The molecule has 0 aliphatic rings. The fraction of sp³-hybridized carbons (Fsp3) is 0.111. The summed E-state index contributed by atoms with van der Waals surface area (Å²) in [6, 6.07) is 4.50. The standard InChI is InChI=1S/C18H11F6N5O/c19-17(20,21)11-6-12(18(22,23)24)8-13(7-11)27-16(30)29-15-26-5-3-14(28-15)10-2-1-4-25-9-10/h1-9H,(H2,26,27,28,29,30). The van der Waals surface area contributed by atoms with Gasteiger partial charge in [-0.3, -0.25) is 10.3 Å². The summed E-state index contributed by atoms with van der Waals surface area (Å²) in [5.74, 6) is -0.211. The Morgan fingerprint density at radius 3 is 2.10 bits per heavy atom. The van der Waals surface area contributed by atoms with Crippen LogP contribution in [0.15, 0.2) is 55.0 Å². The normalized spacial score (nSPS) is 11.8. The molecule has 1 aromatic carbocycles. The van der Waals surface area contributed by atoms with Crippen LogP contribution < -0.4 is 10.6 Å². The Morgan fingerprint density at radius 2 is 1.53 bits per heavy atom. The number of benzene rings is 1. The maximum atomic E-state index is 12.9. The molecule has 0 aliphatic heterocycles. The van der Waals surface area contributed by atoms with Crippen LogP contribution in [0.1, 0.15) is 11.1 Å². The lowest BCUT2D eigenvalue weighted by Gasteiger charge is -2.15. The van der Waals surface area contributed by atoms with E-state index in [2.05, 4.69) is 20.3 Å². The number of rotatable bonds is 3. The molecule has 2 N–H and O–H groups in total. The average molecular weight is 427 g/mol. The van der Waals surface area contributed by atoms with E-state index in [-0.39, 0.29) is 12.0 Å². The average Bonchev–Trinajstić information content (AvgIpc) is 2.67. The first-order valence-electron chi connectivity index (χ1n) is 8.13. The van der Waals surface area contributed by atoms with Crippen molar-refractivity contribution in [3.05, 3.63) is 66.1 Å². The van der Waals surface area contributed by atoms with Gasteiger partial charge in [-0.1, -0.05) is 0 Å². The van der Waals surface area contributed by atoms with Crippen LogP contribution in [0.5, 0.6) is 0 Å². The predicted octanol–water partition coefficient (Wildman–Crippen LogP) is 5.22. The highest BCUT2D eigenvalue weighted by Crippen LogP contribution is 2.37. The molecule has 0 saturated heterocycles. The third kappa shape index (κ3) is 5.21. The highest BCUT2D eigenvalue weighted by molar-refractivity contribution is 5.98. The molecule has 156 valence electrons. The second-order valence-corrected chi connectivity index (χ2v) is 5.88. The monoisotopic (exact) mass is 427 g/mol. The zero-order valence-electron chi connectivity index (χ0n) is 14.7. The lowest BCUT2D eigenvalue weighted by molar-refractivity contribution is -0.143. The molecule has 0 unspecified atom stereocenters. The molecule has 0 aliphatic carbocycles. The summed E-state index contributed by atoms with van der Waals surface area (Å²) >= 11 is 0. The summed E-state index contributed by atoms with van der Waals surface area (Å²) in [4.78, 5) is 23.8. The van der Waals surface area contributed by atoms with E-state index >= 15 is 0 Å². The summed E-state index contributed by atoms with van der Waals surface area (Å²) in [6.07, 6.45) is -5.70. The molecule has 0 spiro atoms. The minimum absolute atomic E-state index is 0.0381. The number of carbonyl (C=O) groups excluding carboxylic acids is 1. The van der Waals surface area contributed by atoms with E-state index in [1.165, 1.54) is 18.5 Å². The first kappa shape index (κ1) is 21.0. The van der Waals surface area contributed by atoms with E-state index in [4.69, 9.17) is 0 Å². The first-order chi connectivity index (χ1) is 14.0. The molecule has 3 aromatic rings. The van der Waals surface area contributed by atoms with E-state index in [9.17, 15) is 31.1 Å². The maximum Gasteiger partial charge on any atom is 0.416 e. The number of urea groups is 1. The number of pyridine rings is 1. The molecule has 0 saturated carbocycles. The van der Waals surface area contributed by atoms with Gasteiger partial charge in [0.15, 0.2) is 0 Å². The Morgan fingerprint density at radius 1 is 0.867 bits per heavy atom. The maximum absolute atomic E-state index is 12.9. The van der Waals surface area contributed by atoms with Gasteiger partial charge in [0.05, 0.1) is 16.8 Å². The molecule has 12 heteroatoms. The molecule has 30 heavy (non-hydrogen) atoms. The van der Waals surface area contributed by atoms with Gasteiger partial charge in [0, 0.05) is 29.8 Å². The zero-order valence-corrected chi connectivity index (χ0v) is 14.7. The highest BCUT2D eigenvalue weighted by atomic mass is 19.4. The van der Waals surface area contributed by atoms with Crippen LogP contribution in [0.25, 0.3) is 11.3 Å². The van der Waals surface area contributed by atoms with Gasteiger partial charge in [0.1, 0.15) is 0 Å². The molecule has 6 nitrogen and oxygen atoms in total. The second-order valence-electron chi connectivity index (χ2n) is 5.88. The Labute approximate surface area is 165 Å². The topological polar surface area (TPSA) is 79.8 Å². The lowest BCUT2D eigenvalue weighted by atomic mass is 10.1. The van der Waals surface area contributed by atoms with Crippen LogP contribution >= 0.6 is 0 Å². The number of aromatic nitrogens is 3. The van der Waals surface area contributed by atoms with Crippen LogP contribution in [-0.2, 0) is 12.4 Å². The molecular weight excluding hydrogens is 416 g/mol. The van der Waals surface area contributed by atoms with Crippen LogP contribution in [0.4, 0.5) is 42.8 Å². The SMILES string of the molecule is O=C(Nc1cc(C(F)(F)F)cc(C(F)(F)F)c1)Nc1nccc(-c2cccnc2)n1. The van der Waals surface area contributed by atoms with E-state index in [1.54, 1.807) is 18.3 Å². The van der Waals surface area contributed by atoms with Gasteiger partial charge in [0.2, 0.25) is 5.95 Å². The van der Waals surface area contributed by atoms with Crippen molar-refractivity contribution in [2.24, 2.45) is 0 Å². The Hall–Kier alpha value is -3.70. The third-order valence-corrected chi connectivity index (χ3v) is 3.68. The Bertz CT molecular complexity index is 1020. The number of amides is 2. The number of hydrogen-bond acceptors (Lipinski definition) is 4. The zero-order chi connectivity index (χ0) is 21.9. The van der Waals surface area contributed by atoms with Gasteiger partial charge in [-0.15, -0.1) is 0 Å². The summed E-state index contributed by atoms with van der Waals surface area (Å²) in [5.41, 5.74) is -2.80. The van der Waals surface area contributed by atoms with Crippen molar-refractivity contribution in [1.82, 2.24) is 15.0 Å². The third-order valence-electron chi connectivity index (χ3n) is 3.68. The van der Waals surface area contributed by atoms with Gasteiger partial charge in [-0.05, 0) is 36.4 Å². The smallest absolute Gasteiger partial charge is 0.308 e. The lowest BCUT2D eigenvalue weighted by Crippen LogP contribution is -2.22. The van der Waals surface area contributed by atoms with Gasteiger partial charge in [-0.25, -0.2) is 14.8 Å². The molecule has 0 fully saturated rings. The van der Waals surface area contributed by atoms with Gasteiger partial charge in [-0.2, -0.15) is 26.3 Å². The van der Waals surface area contributed by atoms with Crippen molar-refractivity contribution in [2.75, 3.05) is 10.6 Å². The summed E-state index contributed by atoms with van der Waals surface area (Å²) < 4.78 is 77.4. The molecule has 2 heterocycles.